The Balaban J connectivity index is 1.37. The first-order valence-electron chi connectivity index (χ1n) is 14.1. The number of hydrogen-bond donors (Lipinski definition) is 3. The van der Waals surface area contributed by atoms with Crippen LogP contribution in [0.2, 0.25) is 0 Å². The van der Waals surface area contributed by atoms with Gasteiger partial charge < -0.3 is 29.5 Å². The van der Waals surface area contributed by atoms with E-state index in [-0.39, 0.29) is 24.5 Å². The van der Waals surface area contributed by atoms with Crippen LogP contribution in [0.5, 0.6) is 0 Å². The van der Waals surface area contributed by atoms with Crippen LogP contribution in [0.25, 0.3) is 0 Å². The normalized spacial score (nSPS) is 51.7. The molecular weight excluding hydrogens is 504 g/mol. The number of allylic oxidation sites excluding steroid dienone is 1. The maximum Gasteiger partial charge on any atom is 0.334 e. The summed E-state index contributed by atoms with van der Waals surface area (Å²) in [5.41, 5.74) is -6.82. The molecule has 0 bridgehead atoms. The average molecular weight is 545 g/mol. The van der Waals surface area contributed by atoms with Crippen molar-refractivity contribution in [3.63, 3.8) is 0 Å². The van der Waals surface area contributed by atoms with E-state index in [0.29, 0.717) is 31.3 Å². The van der Waals surface area contributed by atoms with E-state index in [0.717, 1.165) is 5.57 Å². The average Bonchev–Trinajstić information content (AvgIpc) is 3.55. The Bertz CT molecular complexity index is 1230. The minimum Gasteiger partial charge on any atom is -0.455 e. The van der Waals surface area contributed by atoms with Crippen molar-refractivity contribution in [3.05, 3.63) is 23.3 Å². The lowest BCUT2D eigenvalue weighted by atomic mass is 9.42. The number of epoxide rings is 1. The predicted molar refractivity (Wildman–Crippen MR) is 137 cm³/mol. The van der Waals surface area contributed by atoms with Crippen molar-refractivity contribution in [1.82, 2.24) is 0 Å². The minimum atomic E-state index is -1.83. The van der Waals surface area contributed by atoms with Gasteiger partial charge in [0.15, 0.2) is 11.9 Å². The van der Waals surface area contributed by atoms with Crippen molar-refractivity contribution in [2.24, 2.45) is 22.7 Å². The highest BCUT2D eigenvalue weighted by molar-refractivity contribution is 5.98. The van der Waals surface area contributed by atoms with E-state index in [1.165, 1.54) is 19.9 Å². The van der Waals surface area contributed by atoms with Crippen LogP contribution in [0.15, 0.2) is 23.3 Å². The second-order valence-corrected chi connectivity index (χ2v) is 13.6. The molecule has 0 aromatic rings. The summed E-state index contributed by atoms with van der Waals surface area (Å²) in [6, 6.07) is 0. The molecule has 1 spiro atoms. The Labute approximate surface area is 228 Å². The summed E-state index contributed by atoms with van der Waals surface area (Å²) < 4.78 is 17.5. The number of ether oxygens (including phenoxy) is 3. The van der Waals surface area contributed by atoms with Crippen LogP contribution in [0.1, 0.15) is 80.1 Å². The summed E-state index contributed by atoms with van der Waals surface area (Å²) in [6.07, 6.45) is 2.97. The zero-order chi connectivity index (χ0) is 28.6. The molecule has 0 radical (unpaired) electrons. The molecule has 2 aliphatic heterocycles. The van der Waals surface area contributed by atoms with Gasteiger partial charge in [-0.05, 0) is 83.8 Å². The van der Waals surface area contributed by atoms with Gasteiger partial charge in [0, 0.05) is 24.3 Å². The summed E-state index contributed by atoms with van der Waals surface area (Å²) in [7, 11) is 0. The number of esters is 2. The molecule has 3 saturated carbocycles. The lowest BCUT2D eigenvalue weighted by Gasteiger charge is -2.63. The van der Waals surface area contributed by atoms with Crippen LogP contribution in [0.3, 0.4) is 0 Å². The standard InChI is InChI=1S/C30H40O9/c1-15-13-22(38-24(33)16(15)2)27(6,34)29(36)12-11-28(35)19-14-23-30(39-23)21(37-17(3)31)8-7-20(32)26(30,5)18(19)9-10-25(28,29)4/h7-8,18-19,21-23,34-36H,9-14H2,1-6H3/t18?,19?,21-,22?,23-,25+,26+,27+,28-,29+,30-/m1/s1. The molecule has 9 nitrogen and oxygen atoms in total. The molecule has 0 aromatic carbocycles. The molecule has 3 N–H and O–H groups in total. The van der Waals surface area contributed by atoms with Gasteiger partial charge in [-0.15, -0.1) is 0 Å². The van der Waals surface area contributed by atoms with Crippen LogP contribution in [0, 0.1) is 22.7 Å². The lowest BCUT2D eigenvalue weighted by molar-refractivity contribution is -0.283. The quantitative estimate of drug-likeness (QED) is 0.360. The first kappa shape index (κ1) is 27.1. The number of aliphatic hydroxyl groups is 3. The molecule has 3 unspecified atom stereocenters. The van der Waals surface area contributed by atoms with Gasteiger partial charge in [0.1, 0.15) is 22.9 Å². The van der Waals surface area contributed by atoms with Gasteiger partial charge in [-0.3, -0.25) is 9.59 Å². The molecule has 4 fully saturated rings. The summed E-state index contributed by atoms with van der Waals surface area (Å²) in [5, 5.41) is 37.0. The van der Waals surface area contributed by atoms with Crippen molar-refractivity contribution < 1.29 is 43.9 Å². The molecule has 2 heterocycles. The maximum atomic E-state index is 13.6. The summed E-state index contributed by atoms with van der Waals surface area (Å²) in [6.45, 7) is 10.1. The van der Waals surface area contributed by atoms with Gasteiger partial charge >= 0.3 is 11.9 Å². The van der Waals surface area contributed by atoms with Gasteiger partial charge in [-0.2, -0.15) is 0 Å². The van der Waals surface area contributed by atoms with Crippen molar-refractivity contribution in [2.75, 3.05) is 0 Å². The van der Waals surface area contributed by atoms with E-state index in [4.69, 9.17) is 14.2 Å². The fourth-order valence-electron chi connectivity index (χ4n) is 9.70. The van der Waals surface area contributed by atoms with Crippen LogP contribution >= 0.6 is 0 Å². The largest absolute Gasteiger partial charge is 0.455 e. The third kappa shape index (κ3) is 2.92. The third-order valence-corrected chi connectivity index (χ3v) is 12.4. The third-order valence-electron chi connectivity index (χ3n) is 12.4. The molecule has 0 amide bonds. The monoisotopic (exact) mass is 544 g/mol. The molecular formula is C30H40O9. The summed E-state index contributed by atoms with van der Waals surface area (Å²) in [4.78, 5) is 38.0. The molecule has 0 aromatic heterocycles. The summed E-state index contributed by atoms with van der Waals surface area (Å²) in [5.74, 6) is -1.74. The molecule has 1 saturated heterocycles. The highest BCUT2D eigenvalue weighted by Gasteiger charge is 2.84. The van der Waals surface area contributed by atoms with Crippen molar-refractivity contribution in [3.8, 4) is 0 Å². The molecule has 11 atom stereocenters. The van der Waals surface area contributed by atoms with Crippen molar-refractivity contribution >= 4 is 17.7 Å². The molecule has 9 heteroatoms. The first-order chi connectivity index (χ1) is 18.0. The fraction of sp³-hybridized carbons (Fsp3) is 0.767. The van der Waals surface area contributed by atoms with E-state index in [2.05, 4.69) is 0 Å². The molecule has 214 valence electrons. The van der Waals surface area contributed by atoms with Crippen molar-refractivity contribution in [2.45, 2.75) is 121 Å². The molecule has 4 aliphatic carbocycles. The topological polar surface area (TPSA) is 143 Å². The second kappa shape index (κ2) is 7.81. The number of hydrogen-bond acceptors (Lipinski definition) is 9. The smallest absolute Gasteiger partial charge is 0.334 e. The Morgan fingerprint density at radius 1 is 1.13 bits per heavy atom. The first-order valence-corrected chi connectivity index (χ1v) is 14.1. The number of rotatable bonds is 3. The lowest BCUT2D eigenvalue weighted by Crippen LogP contribution is -2.73. The molecule has 6 rings (SSSR count). The number of fused-ring (bicyclic) bond motifs is 4. The van der Waals surface area contributed by atoms with Gasteiger partial charge in [0.25, 0.3) is 0 Å². The second-order valence-electron chi connectivity index (χ2n) is 13.6. The van der Waals surface area contributed by atoms with Gasteiger partial charge in [0.05, 0.1) is 17.1 Å². The van der Waals surface area contributed by atoms with Crippen LogP contribution in [-0.2, 0) is 28.6 Å². The number of cyclic esters (lactones) is 1. The molecule has 39 heavy (non-hydrogen) atoms. The van der Waals surface area contributed by atoms with Crippen LogP contribution in [-0.4, -0.2) is 73.8 Å². The van der Waals surface area contributed by atoms with Crippen LogP contribution in [0.4, 0.5) is 0 Å². The predicted octanol–water partition coefficient (Wildman–Crippen LogP) is 2.30. The van der Waals surface area contributed by atoms with E-state index in [1.54, 1.807) is 13.0 Å². The van der Waals surface area contributed by atoms with Crippen LogP contribution < -0.4 is 0 Å². The Hall–Kier alpha value is -2.07. The minimum absolute atomic E-state index is 0.109. The maximum absolute atomic E-state index is 13.6. The SMILES string of the molecule is CC(=O)O[C@@H]1C=CC(=O)[C@]2(C)C3CC[C@]4(C)[C@](O)([C@@](C)(O)C5CC(C)=C(C)C(=O)O5)CC[C@@]4(O)C3C[C@H]3O[C@]132. The zero-order valence-electron chi connectivity index (χ0n) is 23.6. The van der Waals surface area contributed by atoms with E-state index >= 15 is 0 Å². The Morgan fingerprint density at radius 3 is 2.46 bits per heavy atom. The molecule has 6 aliphatic rings. The van der Waals surface area contributed by atoms with E-state index < -0.39 is 69.4 Å². The highest BCUT2D eigenvalue weighted by atomic mass is 16.7. The fourth-order valence-corrected chi connectivity index (χ4v) is 9.70. The van der Waals surface area contributed by atoms with Gasteiger partial charge in [-0.1, -0.05) is 12.5 Å². The Kier molecular flexibility index (Phi) is 5.43. The highest BCUT2D eigenvalue weighted by Crippen LogP contribution is 2.75. The zero-order valence-corrected chi connectivity index (χ0v) is 23.6. The number of carbonyl (C=O) groups excluding carboxylic acids is 3. The Morgan fingerprint density at radius 2 is 1.82 bits per heavy atom. The van der Waals surface area contributed by atoms with Gasteiger partial charge in [0.2, 0.25) is 0 Å². The number of carbonyl (C=O) groups is 3. The van der Waals surface area contributed by atoms with E-state index in [1.807, 2.05) is 20.8 Å². The summed E-state index contributed by atoms with van der Waals surface area (Å²) >= 11 is 0. The van der Waals surface area contributed by atoms with Crippen molar-refractivity contribution in [1.29, 1.82) is 0 Å². The van der Waals surface area contributed by atoms with Gasteiger partial charge in [-0.25, -0.2) is 4.79 Å². The number of ketones is 1. The van der Waals surface area contributed by atoms with E-state index in [9.17, 15) is 29.7 Å².